The highest BCUT2D eigenvalue weighted by atomic mass is 19.1. The Balaban J connectivity index is 1.48. The van der Waals surface area contributed by atoms with Crippen molar-refractivity contribution in [1.29, 1.82) is 0 Å². The molecular formula is C22H18FN5O2. The summed E-state index contributed by atoms with van der Waals surface area (Å²) < 4.78 is 21.0. The van der Waals surface area contributed by atoms with Crippen molar-refractivity contribution < 1.29 is 13.9 Å². The molecule has 8 heteroatoms. The first-order valence-corrected chi connectivity index (χ1v) is 9.19. The number of rotatable bonds is 5. The van der Waals surface area contributed by atoms with E-state index in [1.807, 2.05) is 17.7 Å². The summed E-state index contributed by atoms with van der Waals surface area (Å²) in [7, 11) is 0. The number of anilines is 1. The van der Waals surface area contributed by atoms with Crippen LogP contribution in [0.3, 0.4) is 0 Å². The van der Waals surface area contributed by atoms with Crippen molar-refractivity contribution >= 4 is 11.6 Å². The fourth-order valence-corrected chi connectivity index (χ4v) is 2.88. The van der Waals surface area contributed by atoms with Gasteiger partial charge in [-0.15, -0.1) is 0 Å². The van der Waals surface area contributed by atoms with E-state index in [0.717, 1.165) is 5.82 Å². The van der Waals surface area contributed by atoms with E-state index in [1.54, 1.807) is 49.5 Å². The van der Waals surface area contributed by atoms with Crippen LogP contribution in [0.5, 0.6) is 11.6 Å². The van der Waals surface area contributed by atoms with E-state index in [9.17, 15) is 9.18 Å². The molecule has 0 radical (unpaired) electrons. The minimum absolute atomic E-state index is 0.245. The zero-order valence-electron chi connectivity index (χ0n) is 16.3. The summed E-state index contributed by atoms with van der Waals surface area (Å²) in [4.78, 5) is 25.2. The first-order chi connectivity index (χ1) is 14.5. The van der Waals surface area contributed by atoms with E-state index in [0.29, 0.717) is 29.0 Å². The van der Waals surface area contributed by atoms with Crippen molar-refractivity contribution in [2.24, 2.45) is 0 Å². The van der Waals surface area contributed by atoms with Gasteiger partial charge in [0.25, 0.3) is 5.91 Å². The van der Waals surface area contributed by atoms with Crippen LogP contribution >= 0.6 is 0 Å². The van der Waals surface area contributed by atoms with Crippen molar-refractivity contribution in [2.75, 3.05) is 5.32 Å². The molecule has 2 aromatic heterocycles. The zero-order valence-corrected chi connectivity index (χ0v) is 16.3. The molecule has 30 heavy (non-hydrogen) atoms. The molecule has 1 N–H and O–H groups in total. The fourth-order valence-electron chi connectivity index (χ4n) is 2.88. The Hall–Kier alpha value is -4.07. The van der Waals surface area contributed by atoms with Crippen molar-refractivity contribution in [1.82, 2.24) is 19.5 Å². The Bertz CT molecular complexity index is 1200. The van der Waals surface area contributed by atoms with Gasteiger partial charge in [0.1, 0.15) is 29.0 Å². The maximum absolute atomic E-state index is 13.3. The number of nitrogens with one attached hydrogen (secondary N) is 1. The van der Waals surface area contributed by atoms with Crippen LogP contribution in [0.2, 0.25) is 0 Å². The third kappa shape index (κ3) is 4.33. The van der Waals surface area contributed by atoms with Crippen LogP contribution in [0.4, 0.5) is 10.1 Å². The highest BCUT2D eigenvalue weighted by Gasteiger charge is 2.10. The average molecular weight is 403 g/mol. The summed E-state index contributed by atoms with van der Waals surface area (Å²) in [6.07, 6.45) is 3.51. The van der Waals surface area contributed by atoms with Gasteiger partial charge in [0.2, 0.25) is 5.88 Å². The lowest BCUT2D eigenvalue weighted by Gasteiger charge is -2.10. The molecule has 0 saturated carbocycles. The normalized spacial score (nSPS) is 10.6. The Morgan fingerprint density at radius 2 is 1.87 bits per heavy atom. The molecule has 150 valence electrons. The number of aromatic nitrogens is 4. The number of hydrogen-bond acceptors (Lipinski definition) is 5. The summed E-state index contributed by atoms with van der Waals surface area (Å²) in [6.45, 7) is 3.67. The summed E-state index contributed by atoms with van der Waals surface area (Å²) >= 11 is 0. The lowest BCUT2D eigenvalue weighted by Crippen LogP contribution is -2.11. The van der Waals surface area contributed by atoms with Crippen LogP contribution in [0.25, 0.3) is 5.82 Å². The van der Waals surface area contributed by atoms with Crippen LogP contribution in [0.1, 0.15) is 22.0 Å². The predicted octanol–water partition coefficient (Wildman–Crippen LogP) is 4.46. The molecule has 0 fully saturated rings. The Morgan fingerprint density at radius 3 is 2.57 bits per heavy atom. The van der Waals surface area contributed by atoms with E-state index in [4.69, 9.17) is 4.74 Å². The van der Waals surface area contributed by atoms with Gasteiger partial charge in [-0.3, -0.25) is 9.36 Å². The van der Waals surface area contributed by atoms with Crippen LogP contribution in [-0.4, -0.2) is 25.4 Å². The number of carbonyl (C=O) groups excluding carboxylic acids is 1. The number of nitrogens with zero attached hydrogens (tertiary/aromatic N) is 4. The van der Waals surface area contributed by atoms with Crippen molar-refractivity contribution in [2.45, 2.75) is 13.8 Å². The third-order valence-corrected chi connectivity index (χ3v) is 4.29. The summed E-state index contributed by atoms with van der Waals surface area (Å²) in [5.74, 6) is 2.11. The molecule has 0 atom stereocenters. The number of imidazole rings is 1. The standard InChI is InChI=1S/C22H18FN5O2/c1-14-25-20(28-11-10-24-15(28)2)13-21(26-14)30-19-8-6-18(7-9-19)27-22(29)16-4-3-5-17(23)12-16/h3-13H,1-2H3,(H,27,29). The van der Waals surface area contributed by atoms with Gasteiger partial charge in [0.05, 0.1) is 0 Å². The topological polar surface area (TPSA) is 81.9 Å². The van der Waals surface area contributed by atoms with E-state index in [-0.39, 0.29) is 5.56 Å². The molecule has 2 aromatic carbocycles. The summed E-state index contributed by atoms with van der Waals surface area (Å²) in [5, 5.41) is 2.72. The molecule has 7 nitrogen and oxygen atoms in total. The molecule has 2 heterocycles. The average Bonchev–Trinajstić information content (AvgIpc) is 3.15. The van der Waals surface area contributed by atoms with Crippen molar-refractivity contribution in [3.8, 4) is 17.4 Å². The van der Waals surface area contributed by atoms with Crippen LogP contribution in [-0.2, 0) is 0 Å². The number of ether oxygens (including phenoxy) is 1. The minimum atomic E-state index is -0.461. The maximum atomic E-state index is 13.3. The van der Waals surface area contributed by atoms with Gasteiger partial charge in [0, 0.05) is 29.7 Å². The number of halogens is 1. The molecule has 0 unspecified atom stereocenters. The molecular weight excluding hydrogens is 385 g/mol. The zero-order chi connectivity index (χ0) is 21.1. The van der Waals surface area contributed by atoms with Crippen LogP contribution < -0.4 is 10.1 Å². The van der Waals surface area contributed by atoms with E-state index < -0.39 is 11.7 Å². The fraction of sp³-hybridized carbons (Fsp3) is 0.0909. The van der Waals surface area contributed by atoms with Gasteiger partial charge in [-0.25, -0.2) is 14.4 Å². The molecule has 4 rings (SSSR count). The molecule has 0 saturated heterocycles. The van der Waals surface area contributed by atoms with Gasteiger partial charge in [-0.2, -0.15) is 4.98 Å². The number of benzene rings is 2. The Labute approximate surface area is 172 Å². The first kappa shape index (κ1) is 19.3. The number of carbonyl (C=O) groups is 1. The molecule has 0 bridgehead atoms. The third-order valence-electron chi connectivity index (χ3n) is 4.29. The van der Waals surface area contributed by atoms with Gasteiger partial charge >= 0.3 is 0 Å². The van der Waals surface area contributed by atoms with Crippen LogP contribution in [0.15, 0.2) is 67.0 Å². The highest BCUT2D eigenvalue weighted by molar-refractivity contribution is 6.04. The largest absolute Gasteiger partial charge is 0.439 e. The van der Waals surface area contributed by atoms with Gasteiger partial charge in [-0.05, 0) is 56.3 Å². The second kappa shape index (κ2) is 8.12. The predicted molar refractivity (Wildman–Crippen MR) is 109 cm³/mol. The van der Waals surface area contributed by atoms with Gasteiger partial charge in [-0.1, -0.05) is 6.07 Å². The second-order valence-electron chi connectivity index (χ2n) is 6.55. The van der Waals surface area contributed by atoms with E-state index in [2.05, 4.69) is 20.3 Å². The second-order valence-corrected chi connectivity index (χ2v) is 6.55. The Morgan fingerprint density at radius 1 is 1.07 bits per heavy atom. The van der Waals surface area contributed by atoms with Gasteiger partial charge < -0.3 is 10.1 Å². The smallest absolute Gasteiger partial charge is 0.255 e. The molecule has 0 spiro atoms. The maximum Gasteiger partial charge on any atom is 0.255 e. The molecule has 4 aromatic rings. The summed E-state index contributed by atoms with van der Waals surface area (Å²) in [6, 6.07) is 14.0. The van der Waals surface area contributed by atoms with E-state index >= 15 is 0 Å². The SMILES string of the molecule is Cc1nc(Oc2ccc(NC(=O)c3cccc(F)c3)cc2)cc(-n2ccnc2C)n1. The quantitative estimate of drug-likeness (QED) is 0.532. The minimum Gasteiger partial charge on any atom is -0.439 e. The lowest BCUT2D eigenvalue weighted by atomic mass is 10.2. The molecule has 0 aliphatic rings. The van der Waals surface area contributed by atoms with E-state index in [1.165, 1.54) is 18.2 Å². The van der Waals surface area contributed by atoms with Crippen LogP contribution in [0, 0.1) is 19.7 Å². The Kier molecular flexibility index (Phi) is 5.21. The number of hydrogen-bond donors (Lipinski definition) is 1. The number of amides is 1. The highest BCUT2D eigenvalue weighted by Crippen LogP contribution is 2.23. The first-order valence-electron chi connectivity index (χ1n) is 9.19. The monoisotopic (exact) mass is 403 g/mol. The summed E-state index contributed by atoms with van der Waals surface area (Å²) in [5.41, 5.74) is 0.805. The van der Waals surface area contributed by atoms with Gasteiger partial charge in [0.15, 0.2) is 0 Å². The van der Waals surface area contributed by atoms with Crippen molar-refractivity contribution in [3.63, 3.8) is 0 Å². The lowest BCUT2D eigenvalue weighted by molar-refractivity contribution is 0.102. The molecule has 0 aliphatic carbocycles. The van der Waals surface area contributed by atoms with Crippen molar-refractivity contribution in [3.05, 3.63) is 90.0 Å². The molecule has 0 aliphatic heterocycles. The molecule has 1 amide bonds. The number of aryl methyl sites for hydroxylation is 2.